The van der Waals surface area contributed by atoms with Crippen molar-refractivity contribution in [2.45, 2.75) is 25.3 Å². The molecule has 0 aliphatic carbocycles. The second-order valence-corrected chi connectivity index (χ2v) is 4.58. The first-order valence-electron chi connectivity index (χ1n) is 5.25. The van der Waals surface area contributed by atoms with Crippen LogP contribution in [-0.4, -0.2) is 28.5 Å². The largest absolute Gasteiger partial charge is 0.313 e. The van der Waals surface area contributed by atoms with Gasteiger partial charge in [-0.15, -0.1) is 0 Å². The molecule has 0 radical (unpaired) electrons. The molecule has 1 amide bonds. The van der Waals surface area contributed by atoms with Crippen LogP contribution in [0.4, 0.5) is 5.82 Å². The standard InChI is InChI=1S/C10H13BrN4O/c11-8-5-14-9(6-13-8)15-10(16)4-7-2-1-3-12-7/h5-7,12H,1-4H2,(H,14,15,16). The summed E-state index contributed by atoms with van der Waals surface area (Å²) in [6.07, 6.45) is 5.81. The third-order valence-electron chi connectivity index (χ3n) is 2.48. The molecule has 1 aromatic heterocycles. The molecule has 2 rings (SSSR count). The number of hydrogen-bond acceptors (Lipinski definition) is 4. The van der Waals surface area contributed by atoms with Gasteiger partial charge in [-0.2, -0.15) is 0 Å². The maximum Gasteiger partial charge on any atom is 0.227 e. The highest BCUT2D eigenvalue weighted by molar-refractivity contribution is 9.10. The van der Waals surface area contributed by atoms with E-state index in [2.05, 4.69) is 36.5 Å². The Hall–Kier alpha value is -1.01. The van der Waals surface area contributed by atoms with Gasteiger partial charge in [0.1, 0.15) is 4.60 Å². The van der Waals surface area contributed by atoms with Crippen molar-refractivity contribution >= 4 is 27.7 Å². The zero-order valence-electron chi connectivity index (χ0n) is 8.74. The maximum atomic E-state index is 11.6. The molecule has 0 saturated carbocycles. The van der Waals surface area contributed by atoms with Crippen molar-refractivity contribution in [3.05, 3.63) is 17.0 Å². The van der Waals surface area contributed by atoms with Crippen LogP contribution in [0.25, 0.3) is 0 Å². The van der Waals surface area contributed by atoms with Crippen LogP contribution in [0.5, 0.6) is 0 Å². The Labute approximate surface area is 102 Å². The first-order valence-corrected chi connectivity index (χ1v) is 6.04. The van der Waals surface area contributed by atoms with Gasteiger partial charge in [0.05, 0.1) is 12.4 Å². The molecular weight excluding hydrogens is 272 g/mol. The maximum absolute atomic E-state index is 11.6. The minimum absolute atomic E-state index is 0.0176. The average molecular weight is 285 g/mol. The van der Waals surface area contributed by atoms with Crippen LogP contribution >= 0.6 is 15.9 Å². The number of hydrogen-bond donors (Lipinski definition) is 2. The van der Waals surface area contributed by atoms with E-state index in [0.717, 1.165) is 19.4 Å². The van der Waals surface area contributed by atoms with Gasteiger partial charge in [-0.3, -0.25) is 4.79 Å². The number of carbonyl (C=O) groups excluding carboxylic acids is 1. The van der Waals surface area contributed by atoms with Crippen molar-refractivity contribution in [2.75, 3.05) is 11.9 Å². The third-order valence-corrected chi connectivity index (χ3v) is 2.89. The van der Waals surface area contributed by atoms with Crippen molar-refractivity contribution in [1.82, 2.24) is 15.3 Å². The van der Waals surface area contributed by atoms with Gasteiger partial charge in [0, 0.05) is 12.5 Å². The summed E-state index contributed by atoms with van der Waals surface area (Å²) in [5.41, 5.74) is 0. The molecule has 1 fully saturated rings. The van der Waals surface area contributed by atoms with Crippen LogP contribution in [0.15, 0.2) is 17.0 Å². The van der Waals surface area contributed by atoms with Gasteiger partial charge < -0.3 is 10.6 Å². The number of carbonyl (C=O) groups is 1. The first kappa shape index (κ1) is 11.5. The molecule has 2 heterocycles. The van der Waals surface area contributed by atoms with Crippen LogP contribution < -0.4 is 10.6 Å². The molecule has 5 nitrogen and oxygen atoms in total. The predicted octanol–water partition coefficient (Wildman–Crippen LogP) is 1.32. The zero-order valence-corrected chi connectivity index (χ0v) is 10.3. The lowest BCUT2D eigenvalue weighted by Gasteiger charge is -2.09. The molecule has 1 aromatic rings. The van der Waals surface area contributed by atoms with Crippen LogP contribution in [0.3, 0.4) is 0 Å². The van der Waals surface area contributed by atoms with Crippen LogP contribution in [0, 0.1) is 0 Å². The Bertz CT molecular complexity index is 362. The van der Waals surface area contributed by atoms with E-state index in [-0.39, 0.29) is 5.91 Å². The Morgan fingerprint density at radius 1 is 1.56 bits per heavy atom. The topological polar surface area (TPSA) is 66.9 Å². The number of anilines is 1. The van der Waals surface area contributed by atoms with E-state index in [1.807, 2.05) is 0 Å². The van der Waals surface area contributed by atoms with Gasteiger partial charge in [-0.25, -0.2) is 9.97 Å². The molecule has 0 aromatic carbocycles. The summed E-state index contributed by atoms with van der Waals surface area (Å²) in [6, 6.07) is 0.309. The van der Waals surface area contributed by atoms with Gasteiger partial charge in [0.15, 0.2) is 5.82 Å². The molecule has 1 unspecified atom stereocenters. The number of aromatic nitrogens is 2. The van der Waals surface area contributed by atoms with Crippen molar-refractivity contribution < 1.29 is 4.79 Å². The fraction of sp³-hybridized carbons (Fsp3) is 0.500. The lowest BCUT2D eigenvalue weighted by atomic mass is 10.1. The Kier molecular flexibility index (Phi) is 3.84. The summed E-state index contributed by atoms with van der Waals surface area (Å²) < 4.78 is 0.656. The van der Waals surface area contributed by atoms with E-state index in [9.17, 15) is 4.79 Å². The van der Waals surface area contributed by atoms with Gasteiger partial charge in [-0.1, -0.05) is 0 Å². The molecule has 1 aliphatic heterocycles. The zero-order chi connectivity index (χ0) is 11.4. The normalized spacial score (nSPS) is 19.7. The lowest BCUT2D eigenvalue weighted by molar-refractivity contribution is -0.116. The number of rotatable bonds is 3. The van der Waals surface area contributed by atoms with Gasteiger partial charge >= 0.3 is 0 Å². The first-order chi connectivity index (χ1) is 7.74. The summed E-state index contributed by atoms with van der Waals surface area (Å²) in [6.45, 7) is 1.01. The molecule has 6 heteroatoms. The van der Waals surface area contributed by atoms with E-state index in [1.165, 1.54) is 6.20 Å². The highest BCUT2D eigenvalue weighted by Gasteiger charge is 2.17. The van der Waals surface area contributed by atoms with Crippen molar-refractivity contribution in [3.8, 4) is 0 Å². The molecule has 2 N–H and O–H groups in total. The van der Waals surface area contributed by atoms with E-state index >= 15 is 0 Å². The van der Waals surface area contributed by atoms with Crippen LogP contribution in [-0.2, 0) is 4.79 Å². The molecule has 0 bridgehead atoms. The van der Waals surface area contributed by atoms with Crippen molar-refractivity contribution in [1.29, 1.82) is 0 Å². The molecule has 1 aliphatic rings. The summed E-state index contributed by atoms with van der Waals surface area (Å²) in [5.74, 6) is 0.474. The second kappa shape index (κ2) is 5.36. The number of nitrogens with zero attached hydrogens (tertiary/aromatic N) is 2. The Morgan fingerprint density at radius 3 is 3.06 bits per heavy atom. The lowest BCUT2D eigenvalue weighted by Crippen LogP contribution is -2.27. The monoisotopic (exact) mass is 284 g/mol. The molecule has 1 atom stereocenters. The molecule has 86 valence electrons. The van der Waals surface area contributed by atoms with E-state index < -0.39 is 0 Å². The Balaban J connectivity index is 1.84. The minimum Gasteiger partial charge on any atom is -0.313 e. The second-order valence-electron chi connectivity index (χ2n) is 3.77. The third kappa shape index (κ3) is 3.24. The summed E-state index contributed by atoms with van der Waals surface area (Å²) in [5, 5.41) is 6.00. The predicted molar refractivity (Wildman–Crippen MR) is 64.0 cm³/mol. The van der Waals surface area contributed by atoms with Gasteiger partial charge in [-0.05, 0) is 35.3 Å². The molecule has 16 heavy (non-hydrogen) atoms. The van der Waals surface area contributed by atoms with Gasteiger partial charge in [0.25, 0.3) is 0 Å². The van der Waals surface area contributed by atoms with E-state index in [1.54, 1.807) is 6.20 Å². The molecule has 0 spiro atoms. The Morgan fingerprint density at radius 2 is 2.44 bits per heavy atom. The summed E-state index contributed by atoms with van der Waals surface area (Å²) in [4.78, 5) is 19.6. The fourth-order valence-electron chi connectivity index (χ4n) is 1.73. The number of halogens is 1. The quantitative estimate of drug-likeness (QED) is 0.879. The summed E-state index contributed by atoms with van der Waals surface area (Å²) in [7, 11) is 0. The highest BCUT2D eigenvalue weighted by atomic mass is 79.9. The average Bonchev–Trinajstić information content (AvgIpc) is 2.74. The SMILES string of the molecule is O=C(CC1CCCN1)Nc1cnc(Br)cn1. The van der Waals surface area contributed by atoms with Crippen molar-refractivity contribution in [3.63, 3.8) is 0 Å². The minimum atomic E-state index is -0.0176. The smallest absolute Gasteiger partial charge is 0.227 e. The van der Waals surface area contributed by atoms with Crippen molar-refractivity contribution in [2.24, 2.45) is 0 Å². The van der Waals surface area contributed by atoms with Crippen LogP contribution in [0.2, 0.25) is 0 Å². The summed E-state index contributed by atoms with van der Waals surface area (Å²) >= 11 is 3.19. The van der Waals surface area contributed by atoms with E-state index in [0.29, 0.717) is 22.9 Å². The molecule has 1 saturated heterocycles. The van der Waals surface area contributed by atoms with Crippen LogP contribution in [0.1, 0.15) is 19.3 Å². The number of amides is 1. The molecular formula is C10H13BrN4O. The number of nitrogens with one attached hydrogen (secondary N) is 2. The van der Waals surface area contributed by atoms with E-state index in [4.69, 9.17) is 0 Å². The van der Waals surface area contributed by atoms with Gasteiger partial charge in [0.2, 0.25) is 5.91 Å². The highest BCUT2D eigenvalue weighted by Crippen LogP contribution is 2.11. The fourth-order valence-corrected chi connectivity index (χ4v) is 1.93.